The molecule has 0 amide bonds. The van der Waals surface area contributed by atoms with Crippen molar-refractivity contribution < 1.29 is 8.42 Å². The van der Waals surface area contributed by atoms with Crippen LogP contribution in [-0.4, -0.2) is 40.6 Å². The fourth-order valence-corrected chi connectivity index (χ4v) is 2.33. The molecule has 0 radical (unpaired) electrons. The van der Waals surface area contributed by atoms with Gasteiger partial charge in [0.2, 0.25) is 0 Å². The van der Waals surface area contributed by atoms with Gasteiger partial charge in [-0.15, -0.1) is 5.10 Å². The number of tetrazole rings is 1. The average Bonchev–Trinajstić information content (AvgIpc) is 2.76. The highest BCUT2D eigenvalue weighted by Gasteiger charge is 2.10. The Morgan fingerprint density at radius 2 is 1.95 bits per heavy atom. The molecule has 0 aliphatic carbocycles. The number of nitrogens with zero attached hydrogens (tertiary/aromatic N) is 4. The van der Waals surface area contributed by atoms with Crippen LogP contribution in [0.15, 0.2) is 28.7 Å². The number of sulfone groups is 1. The molecule has 6 nitrogen and oxygen atoms in total. The molecule has 8 heteroatoms. The Hall–Kier alpha value is -1.28. The van der Waals surface area contributed by atoms with Gasteiger partial charge in [0.15, 0.2) is 5.82 Å². The third-order valence-corrected chi connectivity index (χ3v) is 4.01. The largest absolute Gasteiger partial charge is 0.229 e. The highest BCUT2D eigenvalue weighted by Crippen LogP contribution is 2.12. The molecule has 1 aromatic carbocycles. The van der Waals surface area contributed by atoms with Crippen LogP contribution in [0, 0.1) is 0 Å². The summed E-state index contributed by atoms with van der Waals surface area (Å²) in [5, 5.41) is 11.3. The summed E-state index contributed by atoms with van der Waals surface area (Å²) in [6.07, 6.45) is 1.77. The fraction of sp³-hybridized carbons (Fsp3) is 0.364. The minimum atomic E-state index is -3.02. The molecule has 0 N–H and O–H groups in total. The Morgan fingerprint density at radius 1 is 1.26 bits per heavy atom. The molecule has 2 rings (SSSR count). The van der Waals surface area contributed by atoms with Gasteiger partial charge in [-0.25, -0.2) is 13.1 Å². The van der Waals surface area contributed by atoms with Crippen molar-refractivity contribution in [3.05, 3.63) is 40.1 Å². The maximum atomic E-state index is 11.1. The van der Waals surface area contributed by atoms with Crippen LogP contribution >= 0.6 is 15.9 Å². The molecule has 0 saturated heterocycles. The van der Waals surface area contributed by atoms with Gasteiger partial charge in [0.25, 0.3) is 0 Å². The molecular weight excluding hydrogens is 332 g/mol. The van der Waals surface area contributed by atoms with Crippen LogP contribution in [0.2, 0.25) is 0 Å². The van der Waals surface area contributed by atoms with E-state index < -0.39 is 9.84 Å². The van der Waals surface area contributed by atoms with Gasteiger partial charge in [0, 0.05) is 17.1 Å². The van der Waals surface area contributed by atoms with E-state index in [0.717, 1.165) is 10.0 Å². The Bertz CT molecular complexity index is 652. The summed E-state index contributed by atoms with van der Waals surface area (Å²) in [4.78, 5) is 0. The number of rotatable bonds is 5. The zero-order valence-corrected chi connectivity index (χ0v) is 12.7. The van der Waals surface area contributed by atoms with E-state index in [1.807, 2.05) is 24.3 Å². The minimum absolute atomic E-state index is 0.0331. The van der Waals surface area contributed by atoms with Crippen molar-refractivity contribution in [2.24, 2.45) is 0 Å². The molecule has 0 unspecified atom stereocenters. The van der Waals surface area contributed by atoms with Gasteiger partial charge in [0.1, 0.15) is 9.84 Å². The summed E-state index contributed by atoms with van der Waals surface area (Å²) in [6, 6.07) is 7.83. The second-order valence-electron chi connectivity index (χ2n) is 4.25. The maximum Gasteiger partial charge on any atom is 0.155 e. The molecule has 0 aliphatic heterocycles. The van der Waals surface area contributed by atoms with Crippen molar-refractivity contribution in [2.75, 3.05) is 12.0 Å². The number of benzene rings is 1. The molecule has 19 heavy (non-hydrogen) atoms. The fourth-order valence-electron chi connectivity index (χ4n) is 1.56. The van der Waals surface area contributed by atoms with Crippen molar-refractivity contribution in [1.29, 1.82) is 0 Å². The smallest absolute Gasteiger partial charge is 0.155 e. The lowest BCUT2D eigenvalue weighted by Gasteiger charge is -2.04. The third-order valence-electron chi connectivity index (χ3n) is 2.56. The SMILES string of the molecule is CS(=O)(=O)CCn1nnnc1Cc1ccc(Br)cc1. The van der Waals surface area contributed by atoms with Gasteiger partial charge in [-0.2, -0.15) is 0 Å². The van der Waals surface area contributed by atoms with Gasteiger partial charge in [0.05, 0.1) is 12.3 Å². The summed E-state index contributed by atoms with van der Waals surface area (Å²) in [6.45, 7) is 0.275. The lowest BCUT2D eigenvalue weighted by Crippen LogP contribution is -2.15. The lowest BCUT2D eigenvalue weighted by atomic mass is 10.1. The normalized spacial score (nSPS) is 11.7. The molecule has 0 bridgehead atoms. The molecule has 1 heterocycles. The minimum Gasteiger partial charge on any atom is -0.229 e. The van der Waals surface area contributed by atoms with Crippen LogP contribution in [0.3, 0.4) is 0 Å². The van der Waals surface area contributed by atoms with Crippen LogP contribution in [0.1, 0.15) is 11.4 Å². The van der Waals surface area contributed by atoms with E-state index in [9.17, 15) is 8.42 Å². The summed E-state index contributed by atoms with van der Waals surface area (Å²) in [5.74, 6) is 0.691. The van der Waals surface area contributed by atoms with Crippen molar-refractivity contribution in [1.82, 2.24) is 20.2 Å². The monoisotopic (exact) mass is 344 g/mol. The number of halogens is 1. The second-order valence-corrected chi connectivity index (χ2v) is 7.43. The quantitative estimate of drug-likeness (QED) is 0.810. The van der Waals surface area contributed by atoms with Crippen LogP contribution in [0.5, 0.6) is 0 Å². The predicted octanol–water partition coefficient (Wildman–Crippen LogP) is 1.07. The Balaban J connectivity index is 2.09. The van der Waals surface area contributed by atoms with Crippen molar-refractivity contribution in [3.8, 4) is 0 Å². The van der Waals surface area contributed by atoms with Crippen molar-refractivity contribution in [2.45, 2.75) is 13.0 Å². The van der Waals surface area contributed by atoms with E-state index in [1.54, 1.807) is 0 Å². The standard InChI is InChI=1S/C11H13BrN4O2S/c1-19(17,18)7-6-16-11(13-14-15-16)8-9-2-4-10(12)5-3-9/h2-5H,6-8H2,1H3. The number of hydrogen-bond donors (Lipinski definition) is 0. The lowest BCUT2D eigenvalue weighted by molar-refractivity contribution is 0.571. The topological polar surface area (TPSA) is 77.7 Å². The van der Waals surface area contributed by atoms with Crippen molar-refractivity contribution in [3.63, 3.8) is 0 Å². The number of aryl methyl sites for hydroxylation is 1. The molecule has 0 fully saturated rings. The van der Waals surface area contributed by atoms with Crippen LogP contribution < -0.4 is 0 Å². The van der Waals surface area contributed by atoms with Gasteiger partial charge in [-0.05, 0) is 28.1 Å². The third kappa shape index (κ3) is 4.39. The first-order valence-electron chi connectivity index (χ1n) is 5.61. The maximum absolute atomic E-state index is 11.1. The predicted molar refractivity (Wildman–Crippen MR) is 74.5 cm³/mol. The van der Waals surface area contributed by atoms with E-state index in [0.29, 0.717) is 12.2 Å². The summed E-state index contributed by atoms with van der Waals surface area (Å²) >= 11 is 3.37. The molecule has 2 aromatic rings. The molecular formula is C11H13BrN4O2S. The average molecular weight is 345 g/mol. The first-order valence-corrected chi connectivity index (χ1v) is 8.46. The van der Waals surface area contributed by atoms with Gasteiger partial charge >= 0.3 is 0 Å². The zero-order chi connectivity index (χ0) is 13.9. The first-order chi connectivity index (χ1) is 8.94. The Kier molecular flexibility index (Phi) is 4.31. The van der Waals surface area contributed by atoms with E-state index in [1.165, 1.54) is 10.9 Å². The van der Waals surface area contributed by atoms with E-state index in [4.69, 9.17) is 0 Å². The second kappa shape index (κ2) is 5.79. The van der Waals surface area contributed by atoms with E-state index >= 15 is 0 Å². The Labute approximate surface area is 119 Å². The van der Waals surface area contributed by atoms with Crippen LogP contribution in [0.25, 0.3) is 0 Å². The van der Waals surface area contributed by atoms with E-state index in [2.05, 4.69) is 31.5 Å². The molecule has 0 aliphatic rings. The number of aromatic nitrogens is 4. The number of hydrogen-bond acceptors (Lipinski definition) is 5. The van der Waals surface area contributed by atoms with Crippen molar-refractivity contribution >= 4 is 25.8 Å². The van der Waals surface area contributed by atoms with Crippen LogP contribution in [0.4, 0.5) is 0 Å². The molecule has 102 valence electrons. The summed E-state index contributed by atoms with van der Waals surface area (Å²) in [7, 11) is -3.02. The summed E-state index contributed by atoms with van der Waals surface area (Å²) < 4.78 is 24.8. The molecule has 0 atom stereocenters. The molecule has 1 aromatic heterocycles. The van der Waals surface area contributed by atoms with Crippen LogP contribution in [-0.2, 0) is 22.8 Å². The zero-order valence-electron chi connectivity index (χ0n) is 10.3. The van der Waals surface area contributed by atoms with Gasteiger partial charge in [-0.3, -0.25) is 0 Å². The highest BCUT2D eigenvalue weighted by atomic mass is 79.9. The summed E-state index contributed by atoms with van der Waals surface area (Å²) in [5.41, 5.74) is 1.07. The van der Waals surface area contributed by atoms with Gasteiger partial charge < -0.3 is 0 Å². The Morgan fingerprint density at radius 3 is 2.58 bits per heavy atom. The van der Waals surface area contributed by atoms with E-state index in [-0.39, 0.29) is 12.3 Å². The highest BCUT2D eigenvalue weighted by molar-refractivity contribution is 9.10. The molecule has 0 spiro atoms. The molecule has 0 saturated carbocycles. The first kappa shape index (κ1) is 14.1. The van der Waals surface area contributed by atoms with Gasteiger partial charge in [-0.1, -0.05) is 28.1 Å².